The molecule has 4 heteroatoms. The van der Waals surface area contributed by atoms with E-state index in [9.17, 15) is 4.39 Å². The Labute approximate surface area is 57.2 Å². The molecule has 0 atom stereocenters. The molecule has 1 rings (SSSR count). The molecule has 0 amide bonds. The summed E-state index contributed by atoms with van der Waals surface area (Å²) in [6.45, 7) is -0.592. The fourth-order valence-corrected chi connectivity index (χ4v) is 0.482. The lowest BCUT2D eigenvalue weighted by molar-refractivity contribution is 0.483. The zero-order valence-corrected chi connectivity index (χ0v) is 5.08. The lowest BCUT2D eigenvalue weighted by atomic mass is 10.4. The molecule has 1 aromatic rings. The van der Waals surface area contributed by atoms with Gasteiger partial charge >= 0.3 is 0 Å². The average molecular weight is 137 g/mol. The zero-order chi connectivity index (χ0) is 7.40. The van der Waals surface area contributed by atoms with Crippen molar-refractivity contribution < 1.29 is 4.39 Å². The van der Waals surface area contributed by atoms with Crippen LogP contribution in [0.2, 0.25) is 0 Å². The normalized spacial score (nSPS) is 8.80. The van der Waals surface area contributed by atoms with E-state index in [2.05, 4.69) is 9.97 Å². The smallest absolute Gasteiger partial charge is 0.232 e. The van der Waals surface area contributed by atoms with Crippen LogP contribution in [-0.4, -0.2) is 9.97 Å². The molecule has 10 heavy (non-hydrogen) atoms. The third kappa shape index (κ3) is 1.26. The van der Waals surface area contributed by atoms with Gasteiger partial charge in [-0.05, 0) is 0 Å². The van der Waals surface area contributed by atoms with Crippen LogP contribution in [0.5, 0.6) is 0 Å². The van der Waals surface area contributed by atoms with Crippen molar-refractivity contribution in [3.8, 4) is 6.07 Å². The van der Waals surface area contributed by atoms with Crippen LogP contribution in [0.3, 0.4) is 0 Å². The van der Waals surface area contributed by atoms with Crippen molar-refractivity contribution in [3.63, 3.8) is 0 Å². The largest absolute Gasteiger partial charge is 0.246 e. The fraction of sp³-hybridized carbons (Fsp3) is 0.167. The Morgan fingerprint density at radius 2 is 2.10 bits per heavy atom. The van der Waals surface area contributed by atoms with Crippen molar-refractivity contribution in [2.45, 2.75) is 6.67 Å². The molecule has 0 aliphatic heterocycles. The fourth-order valence-electron chi connectivity index (χ4n) is 0.482. The highest BCUT2D eigenvalue weighted by atomic mass is 19.1. The minimum absolute atomic E-state index is 0.0669. The van der Waals surface area contributed by atoms with Crippen LogP contribution < -0.4 is 0 Å². The number of halogens is 1. The van der Waals surface area contributed by atoms with Gasteiger partial charge in [-0.3, -0.25) is 0 Å². The van der Waals surface area contributed by atoms with Gasteiger partial charge in [-0.15, -0.1) is 0 Å². The molecule has 0 spiro atoms. The Bertz CT molecular complexity index is 249. The molecule has 0 saturated heterocycles. The van der Waals surface area contributed by atoms with Crippen LogP contribution in [0.1, 0.15) is 11.4 Å². The van der Waals surface area contributed by atoms with Gasteiger partial charge in [-0.25, -0.2) is 14.4 Å². The van der Waals surface area contributed by atoms with Crippen LogP contribution in [0, 0.1) is 11.3 Å². The van der Waals surface area contributed by atoms with E-state index in [4.69, 9.17) is 5.26 Å². The molecule has 1 aromatic heterocycles. The highest BCUT2D eigenvalue weighted by Crippen LogP contribution is 1.96. The summed E-state index contributed by atoms with van der Waals surface area (Å²) in [5.41, 5.74) is 0.388. The van der Waals surface area contributed by atoms with E-state index in [1.54, 1.807) is 6.07 Å². The molecule has 0 radical (unpaired) electrons. The van der Waals surface area contributed by atoms with Gasteiger partial charge in [0.1, 0.15) is 12.7 Å². The molecule has 0 aliphatic rings. The van der Waals surface area contributed by atoms with E-state index >= 15 is 0 Å². The van der Waals surface area contributed by atoms with Gasteiger partial charge in [0.2, 0.25) is 5.82 Å². The average Bonchev–Trinajstić information content (AvgIpc) is 2.05. The van der Waals surface area contributed by atoms with Gasteiger partial charge in [0.05, 0.1) is 0 Å². The van der Waals surface area contributed by atoms with E-state index in [1.807, 2.05) is 0 Å². The molecule has 0 unspecified atom stereocenters. The second-order valence-corrected chi connectivity index (χ2v) is 1.66. The van der Waals surface area contributed by atoms with Crippen molar-refractivity contribution in [1.82, 2.24) is 9.97 Å². The minimum atomic E-state index is -0.592. The lowest BCUT2D eigenvalue weighted by Gasteiger charge is -1.89. The Balaban J connectivity index is 2.93. The first-order valence-corrected chi connectivity index (χ1v) is 2.64. The first-order chi connectivity index (χ1) is 4.86. The maximum absolute atomic E-state index is 11.8. The number of alkyl halides is 1. The molecule has 0 aromatic carbocycles. The molecule has 1 heterocycles. The highest BCUT2D eigenvalue weighted by molar-refractivity contribution is 5.12. The Hall–Kier alpha value is -1.50. The predicted octanol–water partition coefficient (Wildman–Crippen LogP) is 0.818. The van der Waals surface area contributed by atoms with E-state index in [-0.39, 0.29) is 5.82 Å². The van der Waals surface area contributed by atoms with Crippen LogP contribution in [0.4, 0.5) is 4.39 Å². The molecular formula is C6H4FN3. The predicted molar refractivity (Wildman–Crippen MR) is 31.6 cm³/mol. The zero-order valence-electron chi connectivity index (χ0n) is 5.08. The highest BCUT2D eigenvalue weighted by Gasteiger charge is 1.93. The van der Waals surface area contributed by atoms with Gasteiger partial charge < -0.3 is 0 Å². The van der Waals surface area contributed by atoms with E-state index in [0.717, 1.165) is 0 Å². The quantitative estimate of drug-likeness (QED) is 0.575. The molecule has 0 saturated carbocycles. The SMILES string of the molecule is N#Cc1ncc(CF)cn1. The summed E-state index contributed by atoms with van der Waals surface area (Å²) in [4.78, 5) is 7.11. The minimum Gasteiger partial charge on any atom is -0.246 e. The molecule has 0 N–H and O–H groups in total. The van der Waals surface area contributed by atoms with Crippen molar-refractivity contribution >= 4 is 0 Å². The van der Waals surface area contributed by atoms with Crippen LogP contribution in [0.25, 0.3) is 0 Å². The standard InChI is InChI=1S/C6H4FN3/c7-1-5-3-9-6(2-8)10-4-5/h3-4H,1H2. The number of hydrogen-bond donors (Lipinski definition) is 0. The maximum Gasteiger partial charge on any atom is 0.232 e. The van der Waals surface area contributed by atoms with Gasteiger partial charge in [-0.2, -0.15) is 5.26 Å². The van der Waals surface area contributed by atoms with E-state index < -0.39 is 6.67 Å². The number of rotatable bonds is 1. The number of nitrogens with zero attached hydrogens (tertiary/aromatic N) is 3. The van der Waals surface area contributed by atoms with E-state index in [1.165, 1.54) is 12.4 Å². The summed E-state index contributed by atoms with van der Waals surface area (Å²) in [6, 6.07) is 1.73. The second kappa shape index (κ2) is 2.87. The van der Waals surface area contributed by atoms with Crippen molar-refractivity contribution in [1.29, 1.82) is 5.26 Å². The van der Waals surface area contributed by atoms with E-state index in [0.29, 0.717) is 5.56 Å². The van der Waals surface area contributed by atoms with Crippen molar-refractivity contribution in [2.75, 3.05) is 0 Å². The molecule has 50 valence electrons. The Kier molecular flexibility index (Phi) is 1.90. The molecule has 0 bridgehead atoms. The van der Waals surface area contributed by atoms with Crippen LogP contribution in [0.15, 0.2) is 12.4 Å². The monoisotopic (exact) mass is 137 g/mol. The Morgan fingerprint density at radius 3 is 2.50 bits per heavy atom. The first-order valence-electron chi connectivity index (χ1n) is 2.64. The summed E-state index contributed by atoms with van der Waals surface area (Å²) in [5, 5.41) is 8.23. The number of aromatic nitrogens is 2. The molecule has 3 nitrogen and oxygen atoms in total. The third-order valence-corrected chi connectivity index (χ3v) is 0.960. The van der Waals surface area contributed by atoms with Gasteiger partial charge in [-0.1, -0.05) is 0 Å². The first kappa shape index (κ1) is 6.62. The van der Waals surface area contributed by atoms with Gasteiger partial charge in [0.25, 0.3) is 0 Å². The topological polar surface area (TPSA) is 49.6 Å². The summed E-state index contributed by atoms with van der Waals surface area (Å²) in [7, 11) is 0. The third-order valence-electron chi connectivity index (χ3n) is 0.960. The van der Waals surface area contributed by atoms with Gasteiger partial charge in [0, 0.05) is 18.0 Å². The molecule has 0 aliphatic carbocycles. The summed E-state index contributed by atoms with van der Waals surface area (Å²) >= 11 is 0. The van der Waals surface area contributed by atoms with Crippen molar-refractivity contribution in [3.05, 3.63) is 23.8 Å². The van der Waals surface area contributed by atoms with Crippen LogP contribution >= 0.6 is 0 Å². The Morgan fingerprint density at radius 1 is 1.50 bits per heavy atom. The number of nitriles is 1. The second-order valence-electron chi connectivity index (χ2n) is 1.66. The summed E-state index contributed by atoms with van der Waals surface area (Å²) in [5.74, 6) is 0.0669. The van der Waals surface area contributed by atoms with Crippen LogP contribution in [-0.2, 0) is 6.67 Å². The molecular weight excluding hydrogens is 133 g/mol. The maximum atomic E-state index is 11.8. The summed E-state index contributed by atoms with van der Waals surface area (Å²) in [6.07, 6.45) is 2.59. The molecule has 0 fully saturated rings. The van der Waals surface area contributed by atoms with Crippen molar-refractivity contribution in [2.24, 2.45) is 0 Å². The summed E-state index contributed by atoms with van der Waals surface area (Å²) < 4.78 is 11.8. The number of hydrogen-bond acceptors (Lipinski definition) is 3. The lowest BCUT2D eigenvalue weighted by Crippen LogP contribution is -1.89. The van der Waals surface area contributed by atoms with Gasteiger partial charge in [0.15, 0.2) is 0 Å².